The van der Waals surface area contributed by atoms with Gasteiger partial charge in [0.25, 0.3) is 5.91 Å². The van der Waals surface area contributed by atoms with Gasteiger partial charge in [0.2, 0.25) is 5.76 Å². The van der Waals surface area contributed by atoms with E-state index in [9.17, 15) is 18.0 Å². The maximum absolute atomic E-state index is 12.8. The minimum atomic E-state index is -4.38. The van der Waals surface area contributed by atoms with Gasteiger partial charge in [-0.1, -0.05) is 18.2 Å². The second-order valence-electron chi connectivity index (χ2n) is 6.23. The van der Waals surface area contributed by atoms with E-state index >= 15 is 0 Å². The molecule has 0 bridgehead atoms. The fraction of sp³-hybridized carbons (Fsp3) is 0.500. The molecular weight excluding hydrogens is 351 g/mol. The SMILES string of the molecule is CC1=C(C(=O)N2CCOC(Cc3cccc(C(F)(F)F)c3)C2)OCCO1. The second kappa shape index (κ2) is 7.57. The number of nitrogens with zero attached hydrogens (tertiary/aromatic N) is 1. The van der Waals surface area contributed by atoms with Crippen molar-refractivity contribution in [3.8, 4) is 0 Å². The molecule has 2 heterocycles. The van der Waals surface area contributed by atoms with E-state index in [4.69, 9.17) is 14.2 Å². The lowest BCUT2D eigenvalue weighted by atomic mass is 10.0. The number of hydrogen-bond donors (Lipinski definition) is 0. The van der Waals surface area contributed by atoms with E-state index in [2.05, 4.69) is 0 Å². The Balaban J connectivity index is 1.67. The van der Waals surface area contributed by atoms with Crippen molar-refractivity contribution in [2.45, 2.75) is 25.6 Å². The van der Waals surface area contributed by atoms with Crippen LogP contribution in [0.15, 0.2) is 35.8 Å². The number of carbonyl (C=O) groups excluding carboxylic acids is 1. The normalized spacial score (nSPS) is 21.2. The van der Waals surface area contributed by atoms with Gasteiger partial charge in [0.15, 0.2) is 0 Å². The summed E-state index contributed by atoms with van der Waals surface area (Å²) >= 11 is 0. The molecule has 8 heteroatoms. The van der Waals surface area contributed by atoms with Crippen molar-refractivity contribution in [2.24, 2.45) is 0 Å². The average molecular weight is 371 g/mol. The molecule has 1 saturated heterocycles. The zero-order valence-corrected chi connectivity index (χ0v) is 14.3. The Kier molecular flexibility index (Phi) is 5.41. The molecule has 2 aliphatic heterocycles. The quantitative estimate of drug-likeness (QED) is 0.820. The smallest absolute Gasteiger partial charge is 0.416 e. The van der Waals surface area contributed by atoms with E-state index in [-0.39, 0.29) is 24.3 Å². The molecule has 1 aromatic carbocycles. The fourth-order valence-corrected chi connectivity index (χ4v) is 3.03. The first-order chi connectivity index (χ1) is 12.3. The lowest BCUT2D eigenvalue weighted by Crippen LogP contribution is -2.47. The molecule has 1 atom stereocenters. The van der Waals surface area contributed by atoms with Crippen LogP contribution < -0.4 is 0 Å². The van der Waals surface area contributed by atoms with Crippen LogP contribution in [-0.2, 0) is 31.6 Å². The monoisotopic (exact) mass is 371 g/mol. The molecule has 0 radical (unpaired) electrons. The largest absolute Gasteiger partial charge is 0.491 e. The van der Waals surface area contributed by atoms with Gasteiger partial charge in [0.05, 0.1) is 18.3 Å². The summed E-state index contributed by atoms with van der Waals surface area (Å²) in [6.07, 6.45) is -4.46. The maximum Gasteiger partial charge on any atom is 0.416 e. The van der Waals surface area contributed by atoms with Crippen LogP contribution in [-0.4, -0.2) is 49.8 Å². The predicted octanol–water partition coefficient (Wildman–Crippen LogP) is 2.75. The Morgan fingerprint density at radius 3 is 2.73 bits per heavy atom. The number of benzene rings is 1. The molecule has 1 unspecified atom stereocenters. The highest BCUT2D eigenvalue weighted by atomic mass is 19.4. The Hall–Kier alpha value is -2.22. The zero-order chi connectivity index (χ0) is 18.7. The van der Waals surface area contributed by atoms with Crippen molar-refractivity contribution in [3.63, 3.8) is 0 Å². The van der Waals surface area contributed by atoms with Gasteiger partial charge in [-0.2, -0.15) is 13.2 Å². The Labute approximate surface area is 149 Å². The third-order valence-electron chi connectivity index (χ3n) is 4.31. The molecule has 2 aliphatic rings. The second-order valence-corrected chi connectivity index (χ2v) is 6.23. The number of hydrogen-bond acceptors (Lipinski definition) is 4. The van der Waals surface area contributed by atoms with Crippen LogP contribution in [0.3, 0.4) is 0 Å². The van der Waals surface area contributed by atoms with Gasteiger partial charge in [-0.05, 0) is 18.6 Å². The molecule has 142 valence electrons. The van der Waals surface area contributed by atoms with Crippen LogP contribution in [0.2, 0.25) is 0 Å². The van der Waals surface area contributed by atoms with Crippen LogP contribution in [0.1, 0.15) is 18.1 Å². The van der Waals surface area contributed by atoms with Crippen molar-refractivity contribution in [1.82, 2.24) is 4.90 Å². The number of morpholine rings is 1. The van der Waals surface area contributed by atoms with E-state index in [1.54, 1.807) is 17.9 Å². The summed E-state index contributed by atoms with van der Waals surface area (Å²) in [4.78, 5) is 14.2. The van der Waals surface area contributed by atoms with Crippen molar-refractivity contribution in [2.75, 3.05) is 32.9 Å². The third-order valence-corrected chi connectivity index (χ3v) is 4.31. The molecule has 3 rings (SSSR count). The van der Waals surface area contributed by atoms with Crippen LogP contribution in [0.4, 0.5) is 13.2 Å². The molecule has 26 heavy (non-hydrogen) atoms. The summed E-state index contributed by atoms with van der Waals surface area (Å²) in [5.41, 5.74) is -0.168. The Morgan fingerprint density at radius 2 is 2.00 bits per heavy atom. The summed E-state index contributed by atoms with van der Waals surface area (Å²) in [6, 6.07) is 5.17. The highest BCUT2D eigenvalue weighted by Crippen LogP contribution is 2.30. The Bertz CT molecular complexity index is 702. The first-order valence-electron chi connectivity index (χ1n) is 8.38. The Morgan fingerprint density at radius 1 is 1.23 bits per heavy atom. The molecule has 1 fully saturated rings. The van der Waals surface area contributed by atoms with E-state index in [0.717, 1.165) is 12.1 Å². The third kappa shape index (κ3) is 4.30. The van der Waals surface area contributed by atoms with Gasteiger partial charge in [-0.3, -0.25) is 4.79 Å². The maximum atomic E-state index is 12.8. The molecular formula is C18H20F3NO4. The average Bonchev–Trinajstić information content (AvgIpc) is 2.61. The van der Waals surface area contributed by atoms with E-state index in [1.807, 2.05) is 0 Å². The predicted molar refractivity (Wildman–Crippen MR) is 86.1 cm³/mol. The minimum absolute atomic E-state index is 0.191. The number of halogens is 3. The number of alkyl halides is 3. The van der Waals surface area contributed by atoms with Gasteiger partial charge < -0.3 is 19.1 Å². The number of ether oxygens (including phenoxy) is 3. The number of allylic oxidation sites excluding steroid dienone is 1. The first-order valence-corrected chi connectivity index (χ1v) is 8.38. The number of carbonyl (C=O) groups is 1. The number of amides is 1. The van der Waals surface area contributed by atoms with Gasteiger partial charge >= 0.3 is 6.18 Å². The summed E-state index contributed by atoms with van der Waals surface area (Å²) in [5, 5.41) is 0. The van der Waals surface area contributed by atoms with Crippen LogP contribution in [0, 0.1) is 0 Å². The van der Waals surface area contributed by atoms with Crippen molar-refractivity contribution in [3.05, 3.63) is 46.9 Å². The van der Waals surface area contributed by atoms with Gasteiger partial charge in [-0.15, -0.1) is 0 Å². The van der Waals surface area contributed by atoms with E-state index in [1.165, 1.54) is 6.07 Å². The molecule has 0 aromatic heterocycles. The topological polar surface area (TPSA) is 48.0 Å². The van der Waals surface area contributed by atoms with Crippen molar-refractivity contribution < 1.29 is 32.2 Å². The van der Waals surface area contributed by atoms with Gasteiger partial charge in [0.1, 0.15) is 19.0 Å². The minimum Gasteiger partial charge on any atom is -0.491 e. The number of rotatable bonds is 3. The van der Waals surface area contributed by atoms with Gasteiger partial charge in [0, 0.05) is 19.5 Å². The molecule has 5 nitrogen and oxygen atoms in total. The highest BCUT2D eigenvalue weighted by Gasteiger charge is 2.32. The molecule has 1 amide bonds. The molecule has 0 N–H and O–H groups in total. The fourth-order valence-electron chi connectivity index (χ4n) is 3.03. The van der Waals surface area contributed by atoms with E-state index in [0.29, 0.717) is 44.1 Å². The van der Waals surface area contributed by atoms with Gasteiger partial charge in [-0.25, -0.2) is 0 Å². The summed E-state index contributed by atoms with van der Waals surface area (Å²) < 4.78 is 54.9. The first kappa shape index (κ1) is 18.6. The van der Waals surface area contributed by atoms with Crippen LogP contribution >= 0.6 is 0 Å². The molecule has 1 aromatic rings. The molecule has 0 saturated carbocycles. The van der Waals surface area contributed by atoms with Crippen LogP contribution in [0.25, 0.3) is 0 Å². The lowest BCUT2D eigenvalue weighted by molar-refractivity contribution is -0.140. The van der Waals surface area contributed by atoms with E-state index < -0.39 is 11.7 Å². The van der Waals surface area contributed by atoms with Crippen molar-refractivity contribution >= 4 is 5.91 Å². The zero-order valence-electron chi connectivity index (χ0n) is 14.3. The molecule has 0 spiro atoms. The standard InChI is InChI=1S/C18H20F3NO4/c1-12-16(26-8-7-24-12)17(23)22-5-6-25-15(11-22)10-13-3-2-4-14(9-13)18(19,20)21/h2-4,9,15H,5-8,10-11H2,1H3. The summed E-state index contributed by atoms with van der Waals surface area (Å²) in [5.74, 6) is 0.359. The summed E-state index contributed by atoms with van der Waals surface area (Å²) in [7, 11) is 0. The highest BCUT2D eigenvalue weighted by molar-refractivity contribution is 5.92. The summed E-state index contributed by atoms with van der Waals surface area (Å²) in [6.45, 7) is 3.41. The van der Waals surface area contributed by atoms with Crippen LogP contribution in [0.5, 0.6) is 0 Å². The molecule has 0 aliphatic carbocycles. The lowest BCUT2D eigenvalue weighted by Gasteiger charge is -2.34. The van der Waals surface area contributed by atoms with Crippen molar-refractivity contribution in [1.29, 1.82) is 0 Å².